The fraction of sp³-hybridized carbons (Fsp3) is 0.267. The largest absolute Gasteiger partial charge is 0.507 e. The van der Waals surface area contributed by atoms with E-state index in [0.717, 1.165) is 11.6 Å². The lowest BCUT2D eigenvalue weighted by molar-refractivity contribution is -0.132. The molecular formula is C15H20F2O3. The smallest absolute Gasteiger partial charge is 0.339 e. The van der Waals surface area contributed by atoms with Gasteiger partial charge in [-0.05, 0) is 32.9 Å². The topological polar surface area (TPSA) is 57.5 Å². The Kier molecular flexibility index (Phi) is 13.4. The first-order chi connectivity index (χ1) is 9.44. The van der Waals surface area contributed by atoms with E-state index in [4.69, 9.17) is 5.11 Å². The summed E-state index contributed by atoms with van der Waals surface area (Å²) in [4.78, 5) is 10.6. The minimum atomic E-state index is -1.14. The molecule has 0 saturated heterocycles. The van der Waals surface area contributed by atoms with E-state index in [0.29, 0.717) is 0 Å². The van der Waals surface area contributed by atoms with Crippen LogP contribution in [0.25, 0.3) is 0 Å². The number of hydrogen-bond acceptors (Lipinski definition) is 2. The summed E-state index contributed by atoms with van der Waals surface area (Å²) in [5.41, 5.74) is 0.939. The molecule has 0 unspecified atom stereocenters. The third-order valence-corrected chi connectivity index (χ3v) is 2.04. The maximum Gasteiger partial charge on any atom is 0.339 e. The average molecular weight is 286 g/mol. The number of hydrogen-bond donors (Lipinski definition) is 2. The number of aliphatic carboxylic acids is 1. The summed E-state index contributed by atoms with van der Waals surface area (Å²) >= 11 is 0. The molecule has 0 atom stereocenters. The fourth-order valence-electron chi connectivity index (χ4n) is 0.892. The molecular weight excluding hydrogens is 266 g/mol. The van der Waals surface area contributed by atoms with Gasteiger partial charge in [-0.15, -0.1) is 0 Å². The number of allylic oxidation sites excluding steroid dienone is 7. The van der Waals surface area contributed by atoms with E-state index < -0.39 is 12.6 Å². The highest BCUT2D eigenvalue weighted by molar-refractivity contribution is 5.90. The summed E-state index contributed by atoms with van der Waals surface area (Å²) in [5.74, 6) is -1.38. The van der Waals surface area contributed by atoms with Crippen LogP contribution in [-0.4, -0.2) is 22.9 Å². The number of alkyl halides is 1. The van der Waals surface area contributed by atoms with Crippen LogP contribution in [0.5, 0.6) is 0 Å². The zero-order chi connectivity index (χ0) is 16.0. The summed E-state index contributed by atoms with van der Waals surface area (Å²) in [6.07, 6.45) is 8.98. The van der Waals surface area contributed by atoms with Crippen LogP contribution < -0.4 is 0 Å². The third kappa shape index (κ3) is 11.0. The minimum Gasteiger partial charge on any atom is -0.507 e. The number of aliphatic hydroxyl groups excluding tert-OH is 1. The molecule has 0 fully saturated rings. The van der Waals surface area contributed by atoms with Crippen LogP contribution in [0.1, 0.15) is 20.8 Å². The van der Waals surface area contributed by atoms with Gasteiger partial charge in [-0.3, -0.25) is 0 Å². The zero-order valence-corrected chi connectivity index (χ0v) is 11.8. The molecule has 0 rings (SSSR count). The summed E-state index contributed by atoms with van der Waals surface area (Å²) in [6, 6.07) is 0. The summed E-state index contributed by atoms with van der Waals surface area (Å²) < 4.78 is 21.2. The molecule has 0 aliphatic carbocycles. The second-order valence-corrected chi connectivity index (χ2v) is 3.47. The van der Waals surface area contributed by atoms with Crippen LogP contribution in [0.15, 0.2) is 59.7 Å². The van der Waals surface area contributed by atoms with Crippen LogP contribution in [0, 0.1) is 0 Å². The van der Waals surface area contributed by atoms with Gasteiger partial charge in [-0.1, -0.05) is 29.9 Å². The Morgan fingerprint density at radius 2 is 1.80 bits per heavy atom. The first-order valence-electron chi connectivity index (χ1n) is 5.85. The Balaban J connectivity index is 0. The molecule has 0 radical (unpaired) electrons. The van der Waals surface area contributed by atoms with Crippen molar-refractivity contribution in [2.75, 3.05) is 6.67 Å². The van der Waals surface area contributed by atoms with Crippen molar-refractivity contribution in [2.24, 2.45) is 0 Å². The Morgan fingerprint density at radius 1 is 1.20 bits per heavy atom. The second kappa shape index (κ2) is 13.3. The molecule has 112 valence electrons. The van der Waals surface area contributed by atoms with Gasteiger partial charge in [-0.25, -0.2) is 13.6 Å². The lowest BCUT2D eigenvalue weighted by Gasteiger charge is -1.98. The van der Waals surface area contributed by atoms with Crippen molar-refractivity contribution in [1.29, 1.82) is 0 Å². The van der Waals surface area contributed by atoms with E-state index in [1.165, 1.54) is 12.2 Å². The maximum absolute atomic E-state index is 10.7. The predicted octanol–water partition coefficient (Wildman–Crippen LogP) is 4.42. The molecule has 20 heavy (non-hydrogen) atoms. The standard InChI is InChI=1S/C12H16O3.C3H4F2/c1-4-9(3)7-6-8-11(13)10(5-2)12(14)15;4-2-1-3-5/h4-8,13H,1-3H3,(H,14,15);1-2H,3H2/b7-6+,9-4+,10-5+,11-8+;2-1+. The number of carbonyl (C=O) groups is 1. The van der Waals surface area contributed by atoms with Gasteiger partial charge < -0.3 is 10.2 Å². The molecule has 0 aliphatic rings. The molecule has 0 spiro atoms. The molecule has 0 heterocycles. The average Bonchev–Trinajstić information content (AvgIpc) is 2.40. The van der Waals surface area contributed by atoms with E-state index in [1.807, 2.05) is 19.9 Å². The highest BCUT2D eigenvalue weighted by Gasteiger charge is 2.09. The normalized spacial score (nSPS) is 13.6. The van der Waals surface area contributed by atoms with Crippen molar-refractivity contribution in [1.82, 2.24) is 0 Å². The number of carboxylic acid groups (broad SMARTS) is 1. The quantitative estimate of drug-likeness (QED) is 0.447. The van der Waals surface area contributed by atoms with Gasteiger partial charge in [0.05, 0.1) is 11.9 Å². The summed E-state index contributed by atoms with van der Waals surface area (Å²) in [5, 5.41) is 18.1. The van der Waals surface area contributed by atoms with Crippen LogP contribution in [0.3, 0.4) is 0 Å². The highest BCUT2D eigenvalue weighted by Crippen LogP contribution is 2.07. The van der Waals surface area contributed by atoms with Crippen molar-refractivity contribution in [3.05, 3.63) is 59.7 Å². The first kappa shape index (κ1) is 20.2. The Bertz CT molecular complexity index is 430. The van der Waals surface area contributed by atoms with Crippen molar-refractivity contribution in [3.63, 3.8) is 0 Å². The molecule has 0 aliphatic heterocycles. The van der Waals surface area contributed by atoms with Gasteiger partial charge in [0.25, 0.3) is 0 Å². The number of aliphatic hydroxyl groups is 1. The van der Waals surface area contributed by atoms with Crippen molar-refractivity contribution < 1.29 is 23.8 Å². The molecule has 0 aromatic rings. The predicted molar refractivity (Wildman–Crippen MR) is 76.9 cm³/mol. The zero-order valence-electron chi connectivity index (χ0n) is 11.8. The Labute approximate surface area is 117 Å². The lowest BCUT2D eigenvalue weighted by atomic mass is 10.2. The van der Waals surface area contributed by atoms with Crippen molar-refractivity contribution in [2.45, 2.75) is 20.8 Å². The number of rotatable bonds is 5. The Morgan fingerprint density at radius 3 is 2.10 bits per heavy atom. The molecule has 0 aromatic carbocycles. The SMILES string of the molecule is C/C=C(C)/C=C/C=C(O)\C(=C/C)C(=O)O.F/C=C/CF. The molecule has 5 heteroatoms. The van der Waals surface area contributed by atoms with Gasteiger partial charge in [0.2, 0.25) is 0 Å². The molecule has 0 saturated carbocycles. The monoisotopic (exact) mass is 286 g/mol. The summed E-state index contributed by atoms with van der Waals surface area (Å²) in [6.45, 7) is 4.66. The summed E-state index contributed by atoms with van der Waals surface area (Å²) in [7, 11) is 0. The maximum atomic E-state index is 10.7. The molecule has 2 N–H and O–H groups in total. The molecule has 3 nitrogen and oxygen atoms in total. The van der Waals surface area contributed by atoms with Gasteiger partial charge in [-0.2, -0.15) is 0 Å². The van der Waals surface area contributed by atoms with Crippen molar-refractivity contribution in [3.8, 4) is 0 Å². The van der Waals surface area contributed by atoms with Crippen LogP contribution in [-0.2, 0) is 4.79 Å². The van der Waals surface area contributed by atoms with E-state index in [-0.39, 0.29) is 17.7 Å². The van der Waals surface area contributed by atoms with Gasteiger partial charge in [0, 0.05) is 0 Å². The molecule has 0 bridgehead atoms. The van der Waals surface area contributed by atoms with Crippen LogP contribution >= 0.6 is 0 Å². The van der Waals surface area contributed by atoms with Gasteiger partial charge >= 0.3 is 5.97 Å². The minimum absolute atomic E-state index is 0.0993. The van der Waals surface area contributed by atoms with E-state index in [2.05, 4.69) is 0 Å². The Hall–Kier alpha value is -2.17. The van der Waals surface area contributed by atoms with E-state index in [9.17, 15) is 18.7 Å². The van der Waals surface area contributed by atoms with Crippen LogP contribution in [0.2, 0.25) is 0 Å². The second-order valence-electron chi connectivity index (χ2n) is 3.47. The lowest BCUT2D eigenvalue weighted by Crippen LogP contribution is -2.02. The van der Waals surface area contributed by atoms with Gasteiger partial charge in [0.15, 0.2) is 0 Å². The van der Waals surface area contributed by atoms with Crippen LogP contribution in [0.4, 0.5) is 8.78 Å². The molecule has 0 aromatic heterocycles. The fourth-order valence-corrected chi connectivity index (χ4v) is 0.892. The van der Waals surface area contributed by atoms with Crippen molar-refractivity contribution >= 4 is 5.97 Å². The van der Waals surface area contributed by atoms with E-state index >= 15 is 0 Å². The number of halogens is 2. The first-order valence-corrected chi connectivity index (χ1v) is 5.85. The highest BCUT2D eigenvalue weighted by atomic mass is 19.1. The van der Waals surface area contributed by atoms with E-state index in [1.54, 1.807) is 19.1 Å². The van der Waals surface area contributed by atoms with Gasteiger partial charge in [0.1, 0.15) is 12.4 Å². The third-order valence-electron chi connectivity index (χ3n) is 2.04. The molecule has 0 amide bonds. The number of carboxylic acids is 1.